The Balaban J connectivity index is 2.11. The smallest absolute Gasteiger partial charge is 0.416 e. The molecule has 0 unspecified atom stereocenters. The van der Waals surface area contributed by atoms with Gasteiger partial charge in [-0.15, -0.1) is 0 Å². The lowest BCUT2D eigenvalue weighted by atomic mass is 9.82. The second-order valence-corrected chi connectivity index (χ2v) is 5.85. The van der Waals surface area contributed by atoms with Crippen molar-refractivity contribution in [2.24, 2.45) is 0 Å². The molecule has 130 valence electrons. The highest BCUT2D eigenvalue weighted by Gasteiger charge is 2.36. The Morgan fingerprint density at radius 2 is 1.68 bits per heavy atom. The van der Waals surface area contributed by atoms with E-state index in [-0.39, 0.29) is 22.7 Å². The first-order chi connectivity index (χ1) is 11.8. The van der Waals surface area contributed by atoms with Crippen LogP contribution < -0.4 is 0 Å². The van der Waals surface area contributed by atoms with Gasteiger partial charge in [0, 0.05) is 11.1 Å². The molecule has 0 saturated heterocycles. The number of hydrogen-bond donors (Lipinski definition) is 0. The van der Waals surface area contributed by atoms with Crippen LogP contribution in [-0.2, 0) is 6.18 Å². The van der Waals surface area contributed by atoms with Crippen LogP contribution in [0, 0.1) is 0 Å². The molecule has 0 N–H and O–H groups in total. The van der Waals surface area contributed by atoms with E-state index in [0.717, 1.165) is 18.6 Å². The van der Waals surface area contributed by atoms with Crippen molar-refractivity contribution in [1.82, 2.24) is 0 Å². The minimum Gasteiger partial charge on any atom is -0.460 e. The molecule has 6 heteroatoms. The van der Waals surface area contributed by atoms with Crippen LogP contribution in [-0.4, -0.2) is 11.6 Å². The summed E-state index contributed by atoms with van der Waals surface area (Å²) < 4.78 is 43.4. The van der Waals surface area contributed by atoms with E-state index in [9.17, 15) is 22.8 Å². The largest absolute Gasteiger partial charge is 0.460 e. The molecule has 0 saturated carbocycles. The van der Waals surface area contributed by atoms with Gasteiger partial charge in [0.25, 0.3) is 0 Å². The maximum Gasteiger partial charge on any atom is 0.416 e. The third kappa shape index (κ3) is 3.04. The van der Waals surface area contributed by atoms with Gasteiger partial charge in [-0.3, -0.25) is 9.59 Å². The van der Waals surface area contributed by atoms with E-state index in [1.165, 1.54) is 24.5 Å². The molecular formula is C19H15F3O3. The fourth-order valence-electron chi connectivity index (χ4n) is 2.91. The van der Waals surface area contributed by atoms with Gasteiger partial charge in [0.2, 0.25) is 5.78 Å². The lowest BCUT2D eigenvalue weighted by Crippen LogP contribution is -2.20. The van der Waals surface area contributed by atoms with Crippen LogP contribution in [0.2, 0.25) is 0 Å². The fourth-order valence-corrected chi connectivity index (χ4v) is 2.91. The maximum absolute atomic E-state index is 12.8. The molecule has 0 amide bonds. The molecule has 1 aromatic carbocycles. The van der Waals surface area contributed by atoms with Crippen LogP contribution in [0.3, 0.4) is 0 Å². The second kappa shape index (κ2) is 6.35. The number of carbonyl (C=O) groups excluding carboxylic acids is 2. The molecular weight excluding hydrogens is 333 g/mol. The van der Waals surface area contributed by atoms with Crippen molar-refractivity contribution in [2.75, 3.05) is 0 Å². The van der Waals surface area contributed by atoms with Crippen molar-refractivity contribution in [3.8, 4) is 0 Å². The van der Waals surface area contributed by atoms with Crippen LogP contribution in [0.25, 0.3) is 5.57 Å². The van der Waals surface area contributed by atoms with E-state index in [0.29, 0.717) is 24.0 Å². The predicted octanol–water partition coefficient (Wildman–Crippen LogP) is 5.32. The molecule has 0 atom stereocenters. The van der Waals surface area contributed by atoms with Gasteiger partial charge in [-0.2, -0.15) is 13.2 Å². The van der Waals surface area contributed by atoms with Crippen molar-refractivity contribution in [2.45, 2.75) is 32.4 Å². The van der Waals surface area contributed by atoms with Gasteiger partial charge in [0.05, 0.1) is 17.4 Å². The number of unbranched alkanes of at least 4 members (excludes halogenated alkanes) is 1. The Kier molecular flexibility index (Phi) is 4.37. The number of alkyl halides is 3. The zero-order chi connectivity index (χ0) is 18.2. The predicted molar refractivity (Wildman–Crippen MR) is 85.3 cm³/mol. The first-order valence-electron chi connectivity index (χ1n) is 7.92. The highest BCUT2D eigenvalue weighted by Crippen LogP contribution is 2.36. The standard InChI is InChI=1S/C19H15F3O3/c1-2-3-4-13-15(11-5-7-12(8-6-11)19(20,21)22)17(24)18-14(16(13)23)9-10-25-18/h5-10H,2-4H2,1H3. The molecule has 2 aromatic rings. The number of rotatable bonds is 4. The Bertz CT molecular complexity index is 855. The lowest BCUT2D eigenvalue weighted by Gasteiger charge is -2.18. The van der Waals surface area contributed by atoms with Crippen LogP contribution in [0.15, 0.2) is 46.6 Å². The third-order valence-electron chi connectivity index (χ3n) is 4.20. The van der Waals surface area contributed by atoms with Gasteiger partial charge in [-0.05, 0) is 36.6 Å². The van der Waals surface area contributed by atoms with E-state index in [1.54, 1.807) is 0 Å². The Labute approximate surface area is 142 Å². The number of benzene rings is 1. The zero-order valence-corrected chi connectivity index (χ0v) is 13.4. The van der Waals surface area contributed by atoms with Gasteiger partial charge in [-0.25, -0.2) is 0 Å². The van der Waals surface area contributed by atoms with Crippen LogP contribution in [0.5, 0.6) is 0 Å². The average Bonchev–Trinajstić information content (AvgIpc) is 3.06. The van der Waals surface area contributed by atoms with Crippen molar-refractivity contribution < 1.29 is 27.2 Å². The highest BCUT2D eigenvalue weighted by atomic mass is 19.4. The van der Waals surface area contributed by atoms with Crippen molar-refractivity contribution in [1.29, 1.82) is 0 Å². The molecule has 0 fully saturated rings. The van der Waals surface area contributed by atoms with E-state index in [1.807, 2.05) is 6.92 Å². The number of hydrogen-bond acceptors (Lipinski definition) is 3. The highest BCUT2D eigenvalue weighted by molar-refractivity contribution is 6.39. The molecule has 0 radical (unpaired) electrons. The maximum atomic E-state index is 12.8. The third-order valence-corrected chi connectivity index (χ3v) is 4.20. The second-order valence-electron chi connectivity index (χ2n) is 5.85. The number of Topliss-reactive ketones (excluding diaryl/α,β-unsaturated/α-hetero) is 2. The zero-order valence-electron chi connectivity index (χ0n) is 13.4. The normalized spacial score (nSPS) is 14.9. The summed E-state index contributed by atoms with van der Waals surface area (Å²) in [6, 6.07) is 5.72. The number of fused-ring (bicyclic) bond motifs is 1. The van der Waals surface area contributed by atoms with Gasteiger partial charge >= 0.3 is 6.18 Å². The van der Waals surface area contributed by atoms with Gasteiger partial charge in [0.1, 0.15) is 0 Å². The lowest BCUT2D eigenvalue weighted by molar-refractivity contribution is -0.137. The molecule has 1 aliphatic carbocycles. The monoisotopic (exact) mass is 348 g/mol. The Morgan fingerprint density at radius 3 is 2.28 bits per heavy atom. The first kappa shape index (κ1) is 17.2. The summed E-state index contributed by atoms with van der Waals surface area (Å²) in [6.45, 7) is 1.96. The first-order valence-corrected chi connectivity index (χ1v) is 7.92. The van der Waals surface area contributed by atoms with Crippen molar-refractivity contribution in [3.63, 3.8) is 0 Å². The summed E-state index contributed by atoms with van der Waals surface area (Å²) in [4.78, 5) is 25.4. The average molecular weight is 348 g/mol. The summed E-state index contributed by atoms with van der Waals surface area (Å²) in [5.74, 6) is -0.822. The number of halogens is 3. The fraction of sp³-hybridized carbons (Fsp3) is 0.263. The van der Waals surface area contributed by atoms with Gasteiger partial charge in [-0.1, -0.05) is 25.5 Å². The Hall–Kier alpha value is -2.63. The molecule has 0 spiro atoms. The van der Waals surface area contributed by atoms with Gasteiger partial charge < -0.3 is 4.42 Å². The van der Waals surface area contributed by atoms with Crippen LogP contribution in [0.4, 0.5) is 13.2 Å². The van der Waals surface area contributed by atoms with E-state index >= 15 is 0 Å². The molecule has 0 aliphatic heterocycles. The topological polar surface area (TPSA) is 47.3 Å². The van der Waals surface area contributed by atoms with Crippen LogP contribution >= 0.6 is 0 Å². The van der Waals surface area contributed by atoms with Crippen molar-refractivity contribution in [3.05, 3.63) is 64.6 Å². The summed E-state index contributed by atoms with van der Waals surface area (Å²) in [7, 11) is 0. The molecule has 1 aromatic heterocycles. The van der Waals surface area contributed by atoms with Crippen molar-refractivity contribution >= 4 is 17.1 Å². The summed E-state index contributed by atoms with van der Waals surface area (Å²) in [5, 5.41) is 0. The Morgan fingerprint density at radius 1 is 1.00 bits per heavy atom. The minimum absolute atomic E-state index is 0.0554. The quantitative estimate of drug-likeness (QED) is 0.751. The van der Waals surface area contributed by atoms with Crippen LogP contribution in [0.1, 0.15) is 58.2 Å². The minimum atomic E-state index is -4.46. The number of allylic oxidation sites excluding steroid dienone is 2. The van der Waals surface area contributed by atoms with E-state index in [2.05, 4.69) is 0 Å². The summed E-state index contributed by atoms with van der Waals surface area (Å²) >= 11 is 0. The molecule has 1 heterocycles. The molecule has 3 nitrogen and oxygen atoms in total. The number of carbonyl (C=O) groups is 2. The summed E-state index contributed by atoms with van der Waals surface area (Å²) in [6.07, 6.45) is -1.27. The molecule has 0 bridgehead atoms. The van der Waals surface area contributed by atoms with Gasteiger partial charge in [0.15, 0.2) is 11.5 Å². The number of furan rings is 1. The van der Waals surface area contributed by atoms with E-state index < -0.39 is 17.5 Å². The van der Waals surface area contributed by atoms with E-state index in [4.69, 9.17) is 4.42 Å². The summed E-state index contributed by atoms with van der Waals surface area (Å²) in [5.41, 5.74) is 0.168. The molecule has 3 rings (SSSR count). The SMILES string of the molecule is CCCCC1=C(c2ccc(C(F)(F)F)cc2)C(=O)c2occc2C1=O. The molecule has 25 heavy (non-hydrogen) atoms. The molecule has 1 aliphatic rings. The number of ketones is 2.